The normalized spacial score (nSPS) is 10.6. The molecule has 1 aromatic heterocycles. The third-order valence-corrected chi connectivity index (χ3v) is 3.81. The number of carboxylic acid groups (broad SMARTS) is 1. The molecular weight excluding hydrogens is 387 g/mol. The molecule has 0 aliphatic rings. The molecule has 2 aromatic carbocycles. The summed E-state index contributed by atoms with van der Waals surface area (Å²) in [6.07, 6.45) is 1.70. The van der Waals surface area contributed by atoms with Crippen LogP contribution in [0, 0.1) is 5.82 Å². The van der Waals surface area contributed by atoms with Crippen molar-refractivity contribution in [1.29, 1.82) is 0 Å². The topological polar surface area (TPSA) is 110 Å². The number of para-hydroxylation sites is 1. The second-order valence-electron chi connectivity index (χ2n) is 6.10. The Labute approximate surface area is 174 Å². The molecule has 3 aromatic rings. The smallest absolute Gasteiger partial charge is 0.300 e. The van der Waals surface area contributed by atoms with Crippen LogP contribution in [0.5, 0.6) is 5.75 Å². The first-order valence-electron chi connectivity index (χ1n) is 8.99. The van der Waals surface area contributed by atoms with Crippen molar-refractivity contribution in [3.8, 4) is 16.9 Å². The molecule has 0 aliphatic heterocycles. The van der Waals surface area contributed by atoms with E-state index in [1.165, 1.54) is 12.1 Å². The number of hydrogen-bond donors (Lipinski definition) is 3. The molecule has 0 aliphatic carbocycles. The van der Waals surface area contributed by atoms with E-state index in [-0.39, 0.29) is 11.8 Å². The number of hydrogen-bond acceptors (Lipinski definition) is 4. The number of carboxylic acids is 1. The summed E-state index contributed by atoms with van der Waals surface area (Å²) < 4.78 is 18.3. The van der Waals surface area contributed by atoms with Crippen LogP contribution in [0.1, 0.15) is 12.5 Å². The third kappa shape index (κ3) is 7.23. The Hall–Kier alpha value is -3.94. The van der Waals surface area contributed by atoms with Crippen LogP contribution in [-0.4, -0.2) is 29.1 Å². The maximum atomic E-state index is 13.0. The van der Waals surface area contributed by atoms with E-state index in [2.05, 4.69) is 15.3 Å². The number of methoxy groups -OCH3 is 1. The molecule has 156 valence electrons. The van der Waals surface area contributed by atoms with Crippen molar-refractivity contribution in [2.75, 3.05) is 12.4 Å². The number of carbonyl (C=O) groups is 1. The van der Waals surface area contributed by atoms with Gasteiger partial charge in [0.1, 0.15) is 17.4 Å². The first-order chi connectivity index (χ1) is 14.4. The van der Waals surface area contributed by atoms with Crippen molar-refractivity contribution in [3.05, 3.63) is 78.2 Å². The minimum absolute atomic E-state index is 0.262. The molecule has 8 heteroatoms. The maximum absolute atomic E-state index is 13.0. The molecule has 0 radical (unpaired) electrons. The number of nitrogens with two attached hydrogens (primary N) is 1. The predicted octanol–water partition coefficient (Wildman–Crippen LogP) is 3.91. The summed E-state index contributed by atoms with van der Waals surface area (Å²) in [5.41, 5.74) is 8.65. The number of benzene rings is 2. The molecule has 0 spiro atoms. The molecule has 0 unspecified atom stereocenters. The standard InChI is InChI=1S/C20H19FN4O.C2H4O2/c1-26-18-5-3-2-4-16(18)13-24-20(22)25-19-11-8-15(12-23-19)14-6-9-17(21)10-7-14;1-2(3)4/h2-12H,13H2,1H3,(H3,22,23,24,25);1H3,(H,3,4). The summed E-state index contributed by atoms with van der Waals surface area (Å²) in [7, 11) is 1.62. The predicted molar refractivity (Wildman–Crippen MR) is 115 cm³/mol. The fourth-order valence-electron chi connectivity index (χ4n) is 2.46. The SMILES string of the molecule is CC(=O)O.COc1ccccc1CN=C(N)Nc1ccc(-c2ccc(F)cc2)cn1. The van der Waals surface area contributed by atoms with E-state index in [0.29, 0.717) is 12.4 Å². The van der Waals surface area contributed by atoms with Gasteiger partial charge in [-0.3, -0.25) is 4.79 Å². The summed E-state index contributed by atoms with van der Waals surface area (Å²) in [5.74, 6) is 0.514. The monoisotopic (exact) mass is 410 g/mol. The average molecular weight is 410 g/mol. The number of aromatic nitrogens is 1. The van der Waals surface area contributed by atoms with Crippen molar-refractivity contribution in [2.45, 2.75) is 13.5 Å². The molecule has 1 heterocycles. The van der Waals surface area contributed by atoms with Gasteiger partial charge in [-0.1, -0.05) is 30.3 Å². The van der Waals surface area contributed by atoms with Crippen LogP contribution in [0.2, 0.25) is 0 Å². The van der Waals surface area contributed by atoms with E-state index in [9.17, 15) is 4.39 Å². The van der Waals surface area contributed by atoms with Crippen LogP contribution in [0.25, 0.3) is 11.1 Å². The van der Waals surface area contributed by atoms with Crippen molar-refractivity contribution in [3.63, 3.8) is 0 Å². The molecule has 0 saturated heterocycles. The van der Waals surface area contributed by atoms with Gasteiger partial charge in [-0.15, -0.1) is 0 Å². The van der Waals surface area contributed by atoms with E-state index in [0.717, 1.165) is 29.4 Å². The van der Waals surface area contributed by atoms with Crippen LogP contribution >= 0.6 is 0 Å². The number of nitrogens with zero attached hydrogens (tertiary/aromatic N) is 2. The van der Waals surface area contributed by atoms with Gasteiger partial charge in [-0.05, 0) is 35.9 Å². The molecular formula is C22H23FN4O3. The molecule has 30 heavy (non-hydrogen) atoms. The lowest BCUT2D eigenvalue weighted by atomic mass is 10.1. The third-order valence-electron chi connectivity index (χ3n) is 3.81. The summed E-state index contributed by atoms with van der Waals surface area (Å²) in [6.45, 7) is 1.48. The fraction of sp³-hybridized carbons (Fsp3) is 0.136. The van der Waals surface area contributed by atoms with Crippen molar-refractivity contribution in [2.24, 2.45) is 10.7 Å². The number of aliphatic imine (C=N–C) groups is 1. The van der Waals surface area contributed by atoms with Gasteiger partial charge >= 0.3 is 0 Å². The lowest BCUT2D eigenvalue weighted by Crippen LogP contribution is -2.23. The number of ether oxygens (including phenoxy) is 1. The van der Waals surface area contributed by atoms with Crippen molar-refractivity contribution >= 4 is 17.7 Å². The first kappa shape index (κ1) is 22.4. The lowest BCUT2D eigenvalue weighted by molar-refractivity contribution is -0.134. The fourth-order valence-corrected chi connectivity index (χ4v) is 2.46. The van der Waals surface area contributed by atoms with Crippen LogP contribution in [-0.2, 0) is 11.3 Å². The Morgan fingerprint density at radius 2 is 1.77 bits per heavy atom. The highest BCUT2D eigenvalue weighted by Crippen LogP contribution is 2.20. The van der Waals surface area contributed by atoms with Crippen LogP contribution in [0.3, 0.4) is 0 Å². The summed E-state index contributed by atoms with van der Waals surface area (Å²) in [6, 6.07) is 17.6. The molecule has 3 rings (SSSR count). The summed E-state index contributed by atoms with van der Waals surface area (Å²) in [4.78, 5) is 17.6. The van der Waals surface area contributed by atoms with Gasteiger partial charge in [0, 0.05) is 24.2 Å². The molecule has 0 atom stereocenters. The van der Waals surface area contributed by atoms with Gasteiger partial charge in [0.05, 0.1) is 13.7 Å². The Kier molecular flexibility index (Phi) is 8.31. The maximum Gasteiger partial charge on any atom is 0.300 e. The highest BCUT2D eigenvalue weighted by molar-refractivity contribution is 5.91. The molecule has 4 N–H and O–H groups in total. The second-order valence-corrected chi connectivity index (χ2v) is 6.10. The number of anilines is 1. The number of rotatable bonds is 5. The van der Waals surface area contributed by atoms with Gasteiger partial charge in [0.2, 0.25) is 0 Å². The molecule has 0 saturated carbocycles. The van der Waals surface area contributed by atoms with E-state index in [1.807, 2.05) is 30.3 Å². The Balaban J connectivity index is 0.000000735. The minimum Gasteiger partial charge on any atom is -0.496 e. The molecule has 0 amide bonds. The lowest BCUT2D eigenvalue weighted by Gasteiger charge is -2.08. The van der Waals surface area contributed by atoms with Gasteiger partial charge in [0.15, 0.2) is 5.96 Å². The highest BCUT2D eigenvalue weighted by atomic mass is 19.1. The number of pyridine rings is 1. The number of guanidine groups is 1. The van der Waals surface area contributed by atoms with Crippen molar-refractivity contribution in [1.82, 2.24) is 4.98 Å². The Morgan fingerprint density at radius 1 is 1.13 bits per heavy atom. The molecule has 0 fully saturated rings. The van der Waals surface area contributed by atoms with E-state index >= 15 is 0 Å². The Bertz CT molecular complexity index is 986. The zero-order valence-corrected chi connectivity index (χ0v) is 16.7. The zero-order chi connectivity index (χ0) is 21.9. The average Bonchev–Trinajstić information content (AvgIpc) is 2.73. The van der Waals surface area contributed by atoms with Crippen LogP contribution in [0.15, 0.2) is 71.9 Å². The van der Waals surface area contributed by atoms with Crippen LogP contribution in [0.4, 0.5) is 10.2 Å². The van der Waals surface area contributed by atoms with Gasteiger partial charge in [0.25, 0.3) is 5.97 Å². The number of aliphatic carboxylic acids is 1. The summed E-state index contributed by atoms with van der Waals surface area (Å²) in [5, 5.41) is 10.4. The quantitative estimate of drug-likeness (QED) is 0.434. The second kappa shape index (κ2) is 11.2. The van der Waals surface area contributed by atoms with Gasteiger partial charge in [-0.2, -0.15) is 0 Å². The zero-order valence-electron chi connectivity index (χ0n) is 16.7. The number of halogens is 1. The van der Waals surface area contributed by atoms with Crippen molar-refractivity contribution < 1.29 is 19.0 Å². The van der Waals surface area contributed by atoms with Gasteiger partial charge < -0.3 is 20.9 Å². The van der Waals surface area contributed by atoms with E-state index in [4.69, 9.17) is 20.4 Å². The van der Waals surface area contributed by atoms with E-state index in [1.54, 1.807) is 31.5 Å². The molecule has 7 nitrogen and oxygen atoms in total. The van der Waals surface area contributed by atoms with E-state index < -0.39 is 5.97 Å². The molecule has 0 bridgehead atoms. The largest absolute Gasteiger partial charge is 0.496 e. The highest BCUT2D eigenvalue weighted by Gasteiger charge is 2.03. The first-order valence-corrected chi connectivity index (χ1v) is 8.99. The number of nitrogens with one attached hydrogen (secondary N) is 1. The van der Waals surface area contributed by atoms with Gasteiger partial charge in [-0.25, -0.2) is 14.4 Å². The minimum atomic E-state index is -0.833. The Morgan fingerprint density at radius 3 is 2.37 bits per heavy atom. The summed E-state index contributed by atoms with van der Waals surface area (Å²) >= 11 is 0. The van der Waals surface area contributed by atoms with Crippen LogP contribution < -0.4 is 15.8 Å².